The van der Waals surface area contributed by atoms with Crippen LogP contribution in [-0.4, -0.2) is 59.0 Å². The molecule has 0 aromatic carbocycles. The van der Waals surface area contributed by atoms with Crippen molar-refractivity contribution in [3.8, 4) is 0 Å². The smallest absolute Gasteiger partial charge is 0.393 e. The van der Waals surface area contributed by atoms with Crippen LogP contribution in [0.1, 0.15) is 194 Å². The van der Waals surface area contributed by atoms with E-state index in [1.54, 1.807) is 6.08 Å². The Labute approximate surface area is 325 Å². The Morgan fingerprint density at radius 1 is 0.642 bits per heavy atom. The Kier molecular flexibility index (Phi) is 38.0. The van der Waals surface area contributed by atoms with Gasteiger partial charge in [0.1, 0.15) is 0 Å². The zero-order chi connectivity index (χ0) is 39.1. The number of carbonyl (C=O) groups excluding carboxylic acids is 1. The first-order valence-corrected chi connectivity index (χ1v) is 23.2. The number of aliphatic hydroxyl groups is 2. The Bertz CT molecular complexity index is 946. The highest BCUT2D eigenvalue weighted by molar-refractivity contribution is 7.47. The Balaban J connectivity index is 4.41. The van der Waals surface area contributed by atoms with Gasteiger partial charge in [-0.05, 0) is 44.9 Å². The summed E-state index contributed by atoms with van der Waals surface area (Å²) in [5.74, 6) is -0.459. The summed E-state index contributed by atoms with van der Waals surface area (Å²) in [6, 6.07) is -1.00. The van der Waals surface area contributed by atoms with Crippen LogP contribution in [0, 0.1) is 0 Å². The van der Waals surface area contributed by atoms with Gasteiger partial charge in [-0.1, -0.05) is 179 Å². The van der Waals surface area contributed by atoms with Crippen LogP contribution in [0.5, 0.6) is 0 Å². The van der Waals surface area contributed by atoms with E-state index in [4.69, 9.17) is 14.8 Å². The first kappa shape index (κ1) is 51.7. The van der Waals surface area contributed by atoms with Crippen LogP contribution in [0.2, 0.25) is 0 Å². The van der Waals surface area contributed by atoms with Crippen LogP contribution in [-0.2, 0) is 18.4 Å². The number of nitrogens with one attached hydrogen (secondary N) is 1. The molecule has 0 saturated carbocycles. The van der Waals surface area contributed by atoms with Gasteiger partial charge in [0.05, 0.1) is 37.9 Å². The molecule has 0 radical (unpaired) electrons. The van der Waals surface area contributed by atoms with E-state index in [0.29, 0.717) is 12.8 Å². The van der Waals surface area contributed by atoms with Crippen molar-refractivity contribution in [2.75, 3.05) is 19.8 Å². The van der Waals surface area contributed by atoms with Crippen molar-refractivity contribution in [1.82, 2.24) is 5.32 Å². The molecule has 10 heteroatoms. The summed E-state index contributed by atoms with van der Waals surface area (Å²) >= 11 is 0. The minimum atomic E-state index is -4.41. The van der Waals surface area contributed by atoms with Crippen LogP contribution in [0.15, 0.2) is 36.5 Å². The first-order valence-electron chi connectivity index (χ1n) is 21.7. The molecule has 0 rings (SSSR count). The average molecular weight is 771 g/mol. The molecular formula is C43H83N2O7P. The SMILES string of the molecule is CCCCCCCCC/C=C/CC/C=C/CC/C=C/C(O)C(COP(=O)(O)OCCN)NC(=O)CC(O)CCCCCCCCCCCCCCCC. The number of hydrogen-bond acceptors (Lipinski definition) is 7. The molecular weight excluding hydrogens is 687 g/mol. The monoisotopic (exact) mass is 771 g/mol. The lowest BCUT2D eigenvalue weighted by Crippen LogP contribution is -2.46. The number of nitrogens with two attached hydrogens (primary N) is 1. The maximum atomic E-state index is 12.8. The third-order valence-electron chi connectivity index (χ3n) is 9.50. The quantitative estimate of drug-likeness (QED) is 0.0235. The number of phosphoric ester groups is 1. The lowest BCUT2D eigenvalue weighted by Gasteiger charge is -2.24. The first-order chi connectivity index (χ1) is 25.8. The molecule has 53 heavy (non-hydrogen) atoms. The average Bonchev–Trinajstić information content (AvgIpc) is 3.13. The molecule has 0 aliphatic heterocycles. The van der Waals surface area contributed by atoms with Crippen molar-refractivity contribution in [3.05, 3.63) is 36.5 Å². The lowest BCUT2D eigenvalue weighted by atomic mass is 10.0. The molecule has 0 aliphatic rings. The highest BCUT2D eigenvalue weighted by Crippen LogP contribution is 2.43. The van der Waals surface area contributed by atoms with Crippen molar-refractivity contribution in [2.45, 2.75) is 212 Å². The van der Waals surface area contributed by atoms with Gasteiger partial charge in [0.15, 0.2) is 0 Å². The Morgan fingerprint density at radius 2 is 1.08 bits per heavy atom. The third-order valence-corrected chi connectivity index (χ3v) is 10.5. The third kappa shape index (κ3) is 37.4. The predicted molar refractivity (Wildman–Crippen MR) is 223 cm³/mol. The Morgan fingerprint density at radius 3 is 1.57 bits per heavy atom. The van der Waals surface area contributed by atoms with Gasteiger partial charge in [0, 0.05) is 6.54 Å². The fourth-order valence-corrected chi connectivity index (χ4v) is 6.97. The van der Waals surface area contributed by atoms with Crippen LogP contribution in [0.25, 0.3) is 0 Å². The maximum Gasteiger partial charge on any atom is 0.472 e. The molecule has 0 aromatic heterocycles. The highest BCUT2D eigenvalue weighted by Gasteiger charge is 2.27. The number of hydrogen-bond donors (Lipinski definition) is 5. The number of rotatable bonds is 40. The topological polar surface area (TPSA) is 151 Å². The van der Waals surface area contributed by atoms with Gasteiger partial charge in [-0.2, -0.15) is 0 Å². The molecule has 0 aliphatic carbocycles. The van der Waals surface area contributed by atoms with E-state index >= 15 is 0 Å². The number of unbranched alkanes of at least 4 members (excludes halogenated alkanes) is 22. The molecule has 312 valence electrons. The summed E-state index contributed by atoms with van der Waals surface area (Å²) in [4.78, 5) is 22.7. The van der Waals surface area contributed by atoms with Gasteiger partial charge in [-0.25, -0.2) is 4.57 Å². The second-order valence-electron chi connectivity index (χ2n) is 14.7. The second kappa shape index (κ2) is 38.9. The zero-order valence-electron chi connectivity index (χ0n) is 34.1. The summed E-state index contributed by atoms with van der Waals surface area (Å²) in [5, 5.41) is 24.0. The highest BCUT2D eigenvalue weighted by atomic mass is 31.2. The van der Waals surface area contributed by atoms with Gasteiger partial charge >= 0.3 is 7.82 Å². The van der Waals surface area contributed by atoms with E-state index < -0.39 is 38.6 Å². The second-order valence-corrected chi connectivity index (χ2v) is 16.2. The number of allylic oxidation sites excluding steroid dienone is 5. The van der Waals surface area contributed by atoms with E-state index in [-0.39, 0.29) is 19.6 Å². The fraction of sp³-hybridized carbons (Fsp3) is 0.837. The van der Waals surface area contributed by atoms with Crippen molar-refractivity contribution in [3.63, 3.8) is 0 Å². The van der Waals surface area contributed by atoms with Crippen LogP contribution >= 0.6 is 7.82 Å². The van der Waals surface area contributed by atoms with Crippen molar-refractivity contribution in [1.29, 1.82) is 0 Å². The predicted octanol–water partition coefficient (Wildman–Crippen LogP) is 10.9. The largest absolute Gasteiger partial charge is 0.472 e. The molecule has 0 saturated heterocycles. The summed E-state index contributed by atoms with van der Waals surface area (Å²) in [6.45, 7) is 3.94. The van der Waals surface area contributed by atoms with Gasteiger partial charge in [-0.3, -0.25) is 13.8 Å². The summed E-state index contributed by atoms with van der Waals surface area (Å²) in [5.41, 5.74) is 5.36. The molecule has 0 fully saturated rings. The van der Waals surface area contributed by atoms with Crippen LogP contribution in [0.4, 0.5) is 0 Å². The van der Waals surface area contributed by atoms with Crippen LogP contribution < -0.4 is 11.1 Å². The van der Waals surface area contributed by atoms with Crippen LogP contribution in [0.3, 0.4) is 0 Å². The fourth-order valence-electron chi connectivity index (χ4n) is 6.21. The summed E-state index contributed by atoms with van der Waals surface area (Å²) in [7, 11) is -4.41. The van der Waals surface area contributed by atoms with E-state index in [9.17, 15) is 24.5 Å². The molecule has 9 nitrogen and oxygen atoms in total. The normalized spacial score (nSPS) is 15.1. The molecule has 6 N–H and O–H groups in total. The minimum absolute atomic E-state index is 0.0427. The molecule has 4 atom stereocenters. The van der Waals surface area contributed by atoms with E-state index in [0.717, 1.165) is 44.9 Å². The minimum Gasteiger partial charge on any atom is -0.393 e. The van der Waals surface area contributed by atoms with Crippen molar-refractivity contribution >= 4 is 13.7 Å². The zero-order valence-corrected chi connectivity index (χ0v) is 35.0. The standard InChI is InChI=1S/C43H83N2O7P/c1-3-5-7-9-11-13-15-17-19-20-21-23-25-27-29-31-33-35-42(47)41(39-52-53(49,50)51-37-36-44)45-43(48)38-40(46)34-32-30-28-26-24-22-18-16-14-12-10-8-6-4-2/h19-20,25,27,33,35,40-42,46-47H,3-18,21-24,26,28-32,34,36-39,44H2,1-2H3,(H,45,48)(H,49,50)/b20-19+,27-25+,35-33+. The molecule has 4 unspecified atom stereocenters. The summed E-state index contributed by atoms with van der Waals surface area (Å²) in [6.07, 6.45) is 42.3. The molecule has 0 bridgehead atoms. The van der Waals surface area contributed by atoms with Crippen molar-refractivity contribution in [2.24, 2.45) is 5.73 Å². The van der Waals surface area contributed by atoms with E-state index in [1.807, 2.05) is 6.08 Å². The van der Waals surface area contributed by atoms with Gasteiger partial charge in [0.25, 0.3) is 0 Å². The van der Waals surface area contributed by atoms with Gasteiger partial charge in [0.2, 0.25) is 5.91 Å². The number of amides is 1. The van der Waals surface area contributed by atoms with E-state index in [2.05, 4.69) is 43.5 Å². The Hall–Kier alpha value is -1.32. The summed E-state index contributed by atoms with van der Waals surface area (Å²) < 4.78 is 22.0. The van der Waals surface area contributed by atoms with Gasteiger partial charge < -0.3 is 26.2 Å². The molecule has 0 heterocycles. The number of aliphatic hydroxyl groups excluding tert-OH is 2. The molecule has 0 spiro atoms. The van der Waals surface area contributed by atoms with E-state index in [1.165, 1.54) is 116 Å². The number of phosphoric acid groups is 1. The van der Waals surface area contributed by atoms with Gasteiger partial charge in [-0.15, -0.1) is 0 Å². The molecule has 1 amide bonds. The maximum absolute atomic E-state index is 12.8. The lowest BCUT2D eigenvalue weighted by molar-refractivity contribution is -0.124. The van der Waals surface area contributed by atoms with Crippen molar-refractivity contribution < 1.29 is 33.5 Å². The molecule has 0 aromatic rings. The number of carbonyl (C=O) groups is 1.